The Morgan fingerprint density at radius 2 is 1.72 bits per heavy atom. The van der Waals surface area contributed by atoms with E-state index < -0.39 is 17.2 Å². The molecule has 158 valence electrons. The quantitative estimate of drug-likeness (QED) is 0.258. The predicted octanol–water partition coefficient (Wildman–Crippen LogP) is 5.36. The van der Waals surface area contributed by atoms with Crippen LogP contribution in [0.5, 0.6) is 0 Å². The largest absolute Gasteiger partial charge is 0.322 e. The van der Waals surface area contributed by atoms with Gasteiger partial charge in [-0.05, 0) is 83.7 Å². The standard InChI is InChI=1S/C19H20Br3NO5S/c1-18(2,12-28-27-3)14-7-5-8-15(11-14)23-17(24)13-6-4-9-16(10-13)29(25,26)19(20,21)22/h4-11H,12H2,1-3H3,(H,23,24). The molecule has 0 aliphatic heterocycles. The van der Waals surface area contributed by atoms with Gasteiger partial charge in [0.1, 0.15) is 0 Å². The van der Waals surface area contributed by atoms with Crippen LogP contribution in [0.4, 0.5) is 5.69 Å². The number of sulfone groups is 1. The molecule has 0 unspecified atom stereocenters. The van der Waals surface area contributed by atoms with Crippen molar-refractivity contribution in [2.24, 2.45) is 0 Å². The summed E-state index contributed by atoms with van der Waals surface area (Å²) in [7, 11) is -2.35. The number of amides is 1. The summed E-state index contributed by atoms with van der Waals surface area (Å²) in [4.78, 5) is 22.4. The van der Waals surface area contributed by atoms with E-state index >= 15 is 0 Å². The van der Waals surface area contributed by atoms with Crippen molar-refractivity contribution < 1.29 is 23.0 Å². The number of halogens is 3. The molecule has 1 N–H and O–H groups in total. The summed E-state index contributed by atoms with van der Waals surface area (Å²) in [5, 5.41) is 2.80. The van der Waals surface area contributed by atoms with Crippen LogP contribution >= 0.6 is 47.8 Å². The molecule has 2 aromatic carbocycles. The zero-order valence-electron chi connectivity index (χ0n) is 15.9. The van der Waals surface area contributed by atoms with Crippen LogP contribution in [-0.2, 0) is 25.0 Å². The summed E-state index contributed by atoms with van der Waals surface area (Å²) >= 11 is 9.07. The van der Waals surface area contributed by atoms with Crippen LogP contribution in [0.3, 0.4) is 0 Å². The fourth-order valence-corrected chi connectivity index (χ4v) is 4.94. The second kappa shape index (κ2) is 9.57. The molecule has 1 amide bonds. The third kappa shape index (κ3) is 6.11. The minimum absolute atomic E-state index is 0.0117. The Labute approximate surface area is 195 Å². The van der Waals surface area contributed by atoms with Crippen LogP contribution in [0, 0.1) is 0 Å². The lowest BCUT2D eigenvalue weighted by molar-refractivity contribution is -0.280. The third-order valence-corrected chi connectivity index (χ3v) is 9.47. The Hall–Kier alpha value is -0.780. The van der Waals surface area contributed by atoms with Crippen molar-refractivity contribution in [3.8, 4) is 0 Å². The van der Waals surface area contributed by atoms with Gasteiger partial charge in [0.2, 0.25) is 11.3 Å². The number of hydrogen-bond donors (Lipinski definition) is 1. The molecule has 0 spiro atoms. The van der Waals surface area contributed by atoms with Gasteiger partial charge in [-0.2, -0.15) is 0 Å². The van der Waals surface area contributed by atoms with Gasteiger partial charge in [-0.3, -0.25) is 4.79 Å². The molecule has 0 bridgehead atoms. The maximum absolute atomic E-state index is 12.7. The zero-order valence-corrected chi connectivity index (χ0v) is 21.5. The van der Waals surface area contributed by atoms with E-state index in [1.165, 1.54) is 25.3 Å². The van der Waals surface area contributed by atoms with Crippen molar-refractivity contribution in [1.82, 2.24) is 0 Å². The van der Waals surface area contributed by atoms with E-state index in [9.17, 15) is 13.2 Å². The predicted molar refractivity (Wildman–Crippen MR) is 124 cm³/mol. The average molecular weight is 614 g/mol. The Morgan fingerprint density at radius 1 is 1.07 bits per heavy atom. The molecule has 0 saturated heterocycles. The van der Waals surface area contributed by atoms with Gasteiger partial charge in [0.25, 0.3) is 5.91 Å². The van der Waals surface area contributed by atoms with Crippen LogP contribution < -0.4 is 5.32 Å². The van der Waals surface area contributed by atoms with E-state index in [0.717, 1.165) is 5.56 Å². The van der Waals surface area contributed by atoms with Crippen molar-refractivity contribution in [2.45, 2.75) is 25.6 Å². The SMILES string of the molecule is COOCC(C)(C)c1cccc(NC(=O)c2cccc(S(=O)(=O)C(Br)(Br)Br)c2)c1. The molecule has 29 heavy (non-hydrogen) atoms. The van der Waals surface area contributed by atoms with Gasteiger partial charge in [-0.1, -0.05) is 32.0 Å². The summed E-state index contributed by atoms with van der Waals surface area (Å²) in [6.07, 6.45) is 0. The molecule has 0 aliphatic rings. The molecule has 0 saturated carbocycles. The second-order valence-electron chi connectivity index (χ2n) is 6.82. The van der Waals surface area contributed by atoms with Crippen LogP contribution in [-0.4, -0.2) is 29.5 Å². The molecule has 2 rings (SSSR count). The van der Waals surface area contributed by atoms with E-state index in [1.807, 2.05) is 32.0 Å². The van der Waals surface area contributed by atoms with Crippen LogP contribution in [0.25, 0.3) is 0 Å². The van der Waals surface area contributed by atoms with Gasteiger partial charge >= 0.3 is 0 Å². The molecule has 0 heterocycles. The Morgan fingerprint density at radius 3 is 2.34 bits per heavy atom. The van der Waals surface area contributed by atoms with Crippen LogP contribution in [0.2, 0.25) is 0 Å². The van der Waals surface area contributed by atoms with Crippen molar-refractivity contribution >= 4 is 69.2 Å². The summed E-state index contributed by atoms with van der Waals surface area (Å²) < 4.78 is 23.6. The van der Waals surface area contributed by atoms with E-state index in [2.05, 4.69) is 58.0 Å². The van der Waals surface area contributed by atoms with Gasteiger partial charge in [0.05, 0.1) is 18.6 Å². The fraction of sp³-hybridized carbons (Fsp3) is 0.316. The molecule has 6 nitrogen and oxygen atoms in total. The molecule has 10 heteroatoms. The highest BCUT2D eigenvalue weighted by atomic mass is 80.0. The highest BCUT2D eigenvalue weighted by Gasteiger charge is 2.37. The van der Waals surface area contributed by atoms with Gasteiger partial charge in [0, 0.05) is 16.7 Å². The first-order chi connectivity index (χ1) is 13.4. The van der Waals surface area contributed by atoms with Crippen molar-refractivity contribution in [1.29, 1.82) is 0 Å². The molecular formula is C19H20Br3NO5S. The number of hydrogen-bond acceptors (Lipinski definition) is 5. The first-order valence-corrected chi connectivity index (χ1v) is 12.2. The lowest BCUT2D eigenvalue weighted by Crippen LogP contribution is -2.24. The monoisotopic (exact) mass is 611 g/mol. The molecule has 0 aromatic heterocycles. The maximum Gasteiger partial charge on any atom is 0.255 e. The first-order valence-electron chi connectivity index (χ1n) is 8.37. The lowest BCUT2D eigenvalue weighted by Gasteiger charge is -2.24. The third-order valence-electron chi connectivity index (χ3n) is 4.15. The number of benzene rings is 2. The second-order valence-corrected chi connectivity index (χ2v) is 17.3. The number of nitrogens with one attached hydrogen (secondary N) is 1. The van der Waals surface area contributed by atoms with Gasteiger partial charge in [-0.25, -0.2) is 18.2 Å². The van der Waals surface area contributed by atoms with E-state index in [0.29, 0.717) is 12.3 Å². The van der Waals surface area contributed by atoms with Crippen LogP contribution in [0.1, 0.15) is 29.8 Å². The van der Waals surface area contributed by atoms with Crippen molar-refractivity contribution in [3.63, 3.8) is 0 Å². The summed E-state index contributed by atoms with van der Waals surface area (Å²) in [5.41, 5.74) is 1.42. The maximum atomic E-state index is 12.7. The highest BCUT2D eigenvalue weighted by molar-refractivity contribution is 9.42. The van der Waals surface area contributed by atoms with E-state index in [1.54, 1.807) is 12.1 Å². The topological polar surface area (TPSA) is 81.7 Å². The number of carbonyl (C=O) groups is 1. The Bertz CT molecular complexity index is 987. The highest BCUT2D eigenvalue weighted by Crippen LogP contribution is 2.43. The zero-order chi connectivity index (χ0) is 21.9. The average Bonchev–Trinajstić information content (AvgIpc) is 2.66. The summed E-state index contributed by atoms with van der Waals surface area (Å²) in [6, 6.07) is 13.2. The molecule has 0 radical (unpaired) electrons. The molecular weight excluding hydrogens is 594 g/mol. The van der Waals surface area contributed by atoms with Crippen molar-refractivity contribution in [3.05, 3.63) is 59.7 Å². The molecule has 0 fully saturated rings. The minimum Gasteiger partial charge on any atom is -0.322 e. The van der Waals surface area contributed by atoms with Crippen molar-refractivity contribution in [2.75, 3.05) is 19.0 Å². The van der Waals surface area contributed by atoms with Gasteiger partial charge < -0.3 is 5.32 Å². The number of rotatable bonds is 7. The Kier molecular flexibility index (Phi) is 8.08. The van der Waals surface area contributed by atoms with Gasteiger partial charge in [0.15, 0.2) is 0 Å². The summed E-state index contributed by atoms with van der Waals surface area (Å²) in [6.45, 7) is 4.33. The normalized spacial score (nSPS) is 12.6. The van der Waals surface area contributed by atoms with E-state index in [-0.39, 0.29) is 15.9 Å². The fourth-order valence-electron chi connectivity index (χ4n) is 2.45. The number of anilines is 1. The van der Waals surface area contributed by atoms with E-state index in [4.69, 9.17) is 4.89 Å². The summed E-state index contributed by atoms with van der Waals surface area (Å²) in [5.74, 6) is -0.422. The molecule has 2 aromatic rings. The van der Waals surface area contributed by atoms with Gasteiger partial charge in [-0.15, -0.1) is 0 Å². The molecule has 0 atom stereocenters. The molecule has 0 aliphatic carbocycles. The number of carbonyl (C=O) groups excluding carboxylic acids is 1. The lowest BCUT2D eigenvalue weighted by atomic mass is 9.85. The number of alkyl halides is 3. The van der Waals surface area contributed by atoms with Crippen LogP contribution in [0.15, 0.2) is 53.4 Å². The first kappa shape index (κ1) is 24.5. The minimum atomic E-state index is -3.80. The Balaban J connectivity index is 2.26. The smallest absolute Gasteiger partial charge is 0.255 e.